The maximum atomic E-state index is 12.0. The van der Waals surface area contributed by atoms with E-state index in [-0.39, 0.29) is 5.97 Å². The highest BCUT2D eigenvalue weighted by Crippen LogP contribution is 2.15. The summed E-state index contributed by atoms with van der Waals surface area (Å²) in [5, 5.41) is 0. The third kappa shape index (κ3) is 41.2. The number of carbonyl (C=O) groups is 1. The van der Waals surface area contributed by atoms with Gasteiger partial charge in [-0.1, -0.05) is 219 Å². The van der Waals surface area contributed by atoms with Crippen molar-refractivity contribution >= 4 is 5.97 Å². The van der Waals surface area contributed by atoms with Gasteiger partial charge < -0.3 is 4.74 Å². The molecule has 0 saturated carbocycles. The summed E-state index contributed by atoms with van der Waals surface area (Å²) in [5.74, 6) is 0.0276. The van der Waals surface area contributed by atoms with E-state index in [0.717, 1.165) is 12.8 Å². The van der Waals surface area contributed by atoms with Gasteiger partial charge in [0.2, 0.25) is 0 Å². The Morgan fingerprint density at radius 3 is 0.956 bits per heavy atom. The second-order valence-corrected chi connectivity index (χ2v) is 14.3. The van der Waals surface area contributed by atoms with Crippen molar-refractivity contribution in [2.75, 3.05) is 6.61 Å². The molecule has 0 aromatic rings. The van der Waals surface area contributed by atoms with E-state index in [1.54, 1.807) is 0 Å². The molecular formula is C43H84O2. The molecule has 0 heterocycles. The standard InChI is InChI=1S/C43H84O2/c1-3-5-7-9-11-13-15-17-19-21-22-23-24-25-27-29-31-33-35-37-39-41-43(44)45-42-40-38-36-34-32-30-28-26-20-18-16-14-12-10-8-6-4-2/h17,19H,3-16,18,20-42H2,1-2H3. The first-order valence-electron chi connectivity index (χ1n) is 21.1. The molecule has 0 amide bonds. The highest BCUT2D eigenvalue weighted by atomic mass is 16.5. The molecule has 0 aromatic carbocycles. The van der Waals surface area contributed by atoms with Gasteiger partial charge in [-0.15, -0.1) is 0 Å². The van der Waals surface area contributed by atoms with Gasteiger partial charge in [0.1, 0.15) is 0 Å². The van der Waals surface area contributed by atoms with Crippen molar-refractivity contribution < 1.29 is 9.53 Å². The molecule has 45 heavy (non-hydrogen) atoms. The molecule has 0 aromatic heterocycles. The van der Waals surface area contributed by atoms with Crippen LogP contribution in [-0.4, -0.2) is 12.6 Å². The van der Waals surface area contributed by atoms with Crippen LogP contribution in [0.3, 0.4) is 0 Å². The number of esters is 1. The van der Waals surface area contributed by atoms with E-state index in [0.29, 0.717) is 13.0 Å². The summed E-state index contributed by atoms with van der Waals surface area (Å²) in [6.45, 7) is 5.22. The van der Waals surface area contributed by atoms with E-state index < -0.39 is 0 Å². The fourth-order valence-corrected chi connectivity index (χ4v) is 6.49. The molecule has 0 rings (SSSR count). The molecule has 268 valence electrons. The van der Waals surface area contributed by atoms with Crippen LogP contribution in [0, 0.1) is 0 Å². The van der Waals surface area contributed by atoms with E-state index >= 15 is 0 Å². The zero-order valence-electron chi connectivity index (χ0n) is 31.3. The van der Waals surface area contributed by atoms with Crippen LogP contribution >= 0.6 is 0 Å². The molecule has 0 aliphatic carbocycles. The molecule has 0 aliphatic heterocycles. The van der Waals surface area contributed by atoms with Crippen molar-refractivity contribution in [3.63, 3.8) is 0 Å². The Labute approximate surface area is 285 Å². The fourth-order valence-electron chi connectivity index (χ4n) is 6.49. The van der Waals surface area contributed by atoms with E-state index in [1.807, 2.05) is 0 Å². The highest BCUT2D eigenvalue weighted by Gasteiger charge is 2.03. The van der Waals surface area contributed by atoms with E-state index in [4.69, 9.17) is 4.74 Å². The van der Waals surface area contributed by atoms with Crippen molar-refractivity contribution in [1.82, 2.24) is 0 Å². The van der Waals surface area contributed by atoms with Gasteiger partial charge in [0.15, 0.2) is 0 Å². The molecule has 0 unspecified atom stereocenters. The van der Waals surface area contributed by atoms with Gasteiger partial charge in [-0.05, 0) is 38.5 Å². The Morgan fingerprint density at radius 2 is 0.622 bits per heavy atom. The van der Waals surface area contributed by atoms with Crippen LogP contribution in [0.5, 0.6) is 0 Å². The number of allylic oxidation sites excluding steroid dienone is 2. The number of carbonyl (C=O) groups excluding carboxylic acids is 1. The fraction of sp³-hybridized carbons (Fsp3) is 0.930. The van der Waals surface area contributed by atoms with Crippen molar-refractivity contribution in [3.8, 4) is 0 Å². The third-order valence-electron chi connectivity index (χ3n) is 9.65. The molecule has 0 fully saturated rings. The summed E-state index contributed by atoms with van der Waals surface area (Å²) < 4.78 is 5.47. The zero-order valence-corrected chi connectivity index (χ0v) is 31.3. The smallest absolute Gasteiger partial charge is 0.305 e. The monoisotopic (exact) mass is 633 g/mol. The molecular weight excluding hydrogens is 548 g/mol. The lowest BCUT2D eigenvalue weighted by Gasteiger charge is -2.06. The molecule has 0 N–H and O–H groups in total. The van der Waals surface area contributed by atoms with Crippen LogP contribution in [0.1, 0.15) is 251 Å². The molecule has 0 atom stereocenters. The largest absolute Gasteiger partial charge is 0.466 e. The van der Waals surface area contributed by atoms with Gasteiger partial charge in [0, 0.05) is 6.42 Å². The van der Waals surface area contributed by atoms with Crippen LogP contribution in [0.15, 0.2) is 12.2 Å². The van der Waals surface area contributed by atoms with E-state index in [2.05, 4.69) is 26.0 Å². The minimum absolute atomic E-state index is 0.0276. The Bertz CT molecular complexity index is 568. The summed E-state index contributed by atoms with van der Waals surface area (Å²) in [5.41, 5.74) is 0. The van der Waals surface area contributed by atoms with Crippen LogP contribution in [-0.2, 0) is 9.53 Å². The average molecular weight is 633 g/mol. The third-order valence-corrected chi connectivity index (χ3v) is 9.65. The second-order valence-electron chi connectivity index (χ2n) is 14.3. The predicted molar refractivity (Wildman–Crippen MR) is 202 cm³/mol. The summed E-state index contributed by atoms with van der Waals surface area (Å²) >= 11 is 0. The summed E-state index contributed by atoms with van der Waals surface area (Å²) in [7, 11) is 0. The van der Waals surface area contributed by atoms with E-state index in [9.17, 15) is 4.79 Å². The Balaban J connectivity index is 3.17. The first kappa shape index (κ1) is 44.2. The predicted octanol–water partition coefficient (Wildman–Crippen LogP) is 15.6. The van der Waals surface area contributed by atoms with E-state index in [1.165, 1.54) is 218 Å². The maximum absolute atomic E-state index is 12.0. The van der Waals surface area contributed by atoms with Crippen molar-refractivity contribution in [1.29, 1.82) is 0 Å². The summed E-state index contributed by atoms with van der Waals surface area (Å²) in [6, 6.07) is 0. The Hall–Kier alpha value is -0.790. The summed E-state index contributed by atoms with van der Waals surface area (Å²) in [6.07, 6.45) is 54.5. The van der Waals surface area contributed by atoms with Gasteiger partial charge >= 0.3 is 5.97 Å². The number of rotatable bonds is 39. The molecule has 0 radical (unpaired) electrons. The Morgan fingerprint density at radius 1 is 0.356 bits per heavy atom. The molecule has 0 aliphatic rings. The minimum Gasteiger partial charge on any atom is -0.466 e. The molecule has 2 heteroatoms. The highest BCUT2D eigenvalue weighted by molar-refractivity contribution is 5.69. The van der Waals surface area contributed by atoms with Crippen molar-refractivity contribution in [3.05, 3.63) is 12.2 Å². The van der Waals surface area contributed by atoms with Crippen molar-refractivity contribution in [2.24, 2.45) is 0 Å². The maximum Gasteiger partial charge on any atom is 0.305 e. The van der Waals surface area contributed by atoms with Gasteiger partial charge in [-0.3, -0.25) is 4.79 Å². The molecule has 0 spiro atoms. The van der Waals surface area contributed by atoms with Gasteiger partial charge in [-0.25, -0.2) is 0 Å². The van der Waals surface area contributed by atoms with Crippen LogP contribution in [0.2, 0.25) is 0 Å². The Kier molecular flexibility index (Phi) is 40.5. The molecule has 0 saturated heterocycles. The van der Waals surface area contributed by atoms with Crippen molar-refractivity contribution in [2.45, 2.75) is 251 Å². The first-order valence-corrected chi connectivity index (χ1v) is 21.1. The lowest BCUT2D eigenvalue weighted by Crippen LogP contribution is -2.05. The number of hydrogen-bond donors (Lipinski definition) is 0. The first-order chi connectivity index (χ1) is 22.3. The quantitative estimate of drug-likeness (QED) is 0.0383. The summed E-state index contributed by atoms with van der Waals surface area (Å²) in [4.78, 5) is 12.0. The SMILES string of the molecule is CCCCCCCCC=CCCCCCCCCCCCCCC(=O)OCCCCCCCCCCCCCCCCCCC. The lowest BCUT2D eigenvalue weighted by molar-refractivity contribution is -0.143. The van der Waals surface area contributed by atoms with Gasteiger partial charge in [0.05, 0.1) is 6.61 Å². The molecule has 2 nitrogen and oxygen atoms in total. The van der Waals surface area contributed by atoms with Crippen LogP contribution in [0.25, 0.3) is 0 Å². The van der Waals surface area contributed by atoms with Gasteiger partial charge in [-0.2, -0.15) is 0 Å². The van der Waals surface area contributed by atoms with Gasteiger partial charge in [0.25, 0.3) is 0 Å². The average Bonchev–Trinajstić information content (AvgIpc) is 3.05. The zero-order chi connectivity index (χ0) is 32.6. The number of unbranched alkanes of at least 4 members (excludes halogenated alkanes) is 33. The number of hydrogen-bond acceptors (Lipinski definition) is 2. The topological polar surface area (TPSA) is 26.3 Å². The molecule has 0 bridgehead atoms. The minimum atomic E-state index is 0.0276. The normalized spacial score (nSPS) is 11.6. The van der Waals surface area contributed by atoms with Crippen LogP contribution in [0.4, 0.5) is 0 Å². The van der Waals surface area contributed by atoms with Crippen LogP contribution < -0.4 is 0 Å². The number of ether oxygens (including phenoxy) is 1. The lowest BCUT2D eigenvalue weighted by atomic mass is 10.0. The second kappa shape index (κ2) is 41.2.